The Bertz CT molecular complexity index is 838. The highest BCUT2D eigenvalue weighted by atomic mass is 35.5. The van der Waals surface area contributed by atoms with E-state index >= 15 is 0 Å². The van der Waals surface area contributed by atoms with Crippen molar-refractivity contribution in [3.8, 4) is 0 Å². The van der Waals surface area contributed by atoms with Gasteiger partial charge in [-0.2, -0.15) is 0 Å². The van der Waals surface area contributed by atoms with Crippen LogP contribution in [0.5, 0.6) is 0 Å². The average molecular weight is 309 g/mol. The molecule has 0 spiro atoms. The highest BCUT2D eigenvalue weighted by Gasteiger charge is 2.01. The Morgan fingerprint density at radius 2 is 1.77 bits per heavy atom. The molecule has 0 unspecified atom stereocenters. The zero-order chi connectivity index (χ0) is 15.5. The SMILES string of the molecule is CN(C)c1ccc(/C=C/c2ccc3ccccc3n2)c(Cl)c1. The van der Waals surface area contributed by atoms with Crippen molar-refractivity contribution in [2.24, 2.45) is 0 Å². The summed E-state index contributed by atoms with van der Waals surface area (Å²) in [4.78, 5) is 6.66. The monoisotopic (exact) mass is 308 g/mol. The molecule has 0 saturated heterocycles. The second-order valence-electron chi connectivity index (χ2n) is 5.36. The lowest BCUT2D eigenvalue weighted by atomic mass is 10.1. The molecule has 2 nitrogen and oxygen atoms in total. The predicted molar refractivity (Wildman–Crippen MR) is 96.5 cm³/mol. The molecule has 0 aliphatic heterocycles. The van der Waals surface area contributed by atoms with Crippen molar-refractivity contribution in [2.45, 2.75) is 0 Å². The molecule has 0 aliphatic rings. The quantitative estimate of drug-likeness (QED) is 0.667. The van der Waals surface area contributed by atoms with Crippen LogP contribution >= 0.6 is 11.6 Å². The van der Waals surface area contributed by atoms with Gasteiger partial charge in [-0.05, 0) is 35.9 Å². The first-order valence-electron chi connectivity index (χ1n) is 7.14. The van der Waals surface area contributed by atoms with Gasteiger partial charge in [0.05, 0.1) is 11.2 Å². The Morgan fingerprint density at radius 3 is 2.55 bits per heavy atom. The van der Waals surface area contributed by atoms with Gasteiger partial charge in [0.15, 0.2) is 0 Å². The van der Waals surface area contributed by atoms with E-state index in [1.807, 2.05) is 67.5 Å². The van der Waals surface area contributed by atoms with Gasteiger partial charge in [-0.3, -0.25) is 0 Å². The summed E-state index contributed by atoms with van der Waals surface area (Å²) >= 11 is 6.34. The van der Waals surface area contributed by atoms with Crippen molar-refractivity contribution in [3.63, 3.8) is 0 Å². The summed E-state index contributed by atoms with van der Waals surface area (Å²) in [5, 5.41) is 1.89. The summed E-state index contributed by atoms with van der Waals surface area (Å²) in [6.45, 7) is 0. The van der Waals surface area contributed by atoms with E-state index in [0.29, 0.717) is 0 Å². The van der Waals surface area contributed by atoms with E-state index in [1.165, 1.54) is 0 Å². The molecule has 3 rings (SSSR count). The molecule has 1 aromatic heterocycles. The number of benzene rings is 2. The van der Waals surface area contributed by atoms with Crippen molar-refractivity contribution < 1.29 is 0 Å². The van der Waals surface area contributed by atoms with Crippen LogP contribution in [0.1, 0.15) is 11.3 Å². The van der Waals surface area contributed by atoms with Gasteiger partial charge in [-0.1, -0.05) is 48.0 Å². The number of fused-ring (bicyclic) bond motifs is 1. The number of para-hydroxylation sites is 1. The molecule has 3 aromatic rings. The maximum Gasteiger partial charge on any atom is 0.0709 e. The van der Waals surface area contributed by atoms with Crippen LogP contribution in [0.2, 0.25) is 5.02 Å². The number of hydrogen-bond acceptors (Lipinski definition) is 2. The number of hydrogen-bond donors (Lipinski definition) is 0. The molecule has 22 heavy (non-hydrogen) atoms. The molecule has 0 saturated carbocycles. The van der Waals surface area contributed by atoms with Crippen molar-refractivity contribution in [3.05, 3.63) is 70.9 Å². The van der Waals surface area contributed by atoms with Crippen molar-refractivity contribution >= 4 is 40.3 Å². The number of aromatic nitrogens is 1. The van der Waals surface area contributed by atoms with Crippen molar-refractivity contribution in [2.75, 3.05) is 19.0 Å². The Hall–Kier alpha value is -2.32. The van der Waals surface area contributed by atoms with Crippen LogP contribution in [0.4, 0.5) is 5.69 Å². The van der Waals surface area contributed by atoms with Crippen LogP contribution in [-0.4, -0.2) is 19.1 Å². The minimum atomic E-state index is 0.739. The van der Waals surface area contributed by atoms with Crippen molar-refractivity contribution in [1.29, 1.82) is 0 Å². The molecular weight excluding hydrogens is 292 g/mol. The smallest absolute Gasteiger partial charge is 0.0709 e. The molecular formula is C19H17ClN2. The third kappa shape index (κ3) is 3.12. The van der Waals surface area contributed by atoms with Gasteiger partial charge in [0.25, 0.3) is 0 Å². The zero-order valence-corrected chi connectivity index (χ0v) is 13.4. The first kappa shape index (κ1) is 14.6. The Labute approximate surface area is 135 Å². The van der Waals surface area contributed by atoms with E-state index in [-0.39, 0.29) is 0 Å². The van der Waals surface area contributed by atoms with Crippen molar-refractivity contribution in [1.82, 2.24) is 4.98 Å². The maximum atomic E-state index is 6.34. The van der Waals surface area contributed by atoms with Gasteiger partial charge in [-0.25, -0.2) is 4.98 Å². The summed E-state index contributed by atoms with van der Waals surface area (Å²) < 4.78 is 0. The molecule has 0 atom stereocenters. The van der Waals surface area contributed by atoms with Crippen LogP contribution in [-0.2, 0) is 0 Å². The first-order valence-corrected chi connectivity index (χ1v) is 7.52. The van der Waals surface area contributed by atoms with E-state index in [4.69, 9.17) is 11.6 Å². The van der Waals surface area contributed by atoms with Gasteiger partial charge in [-0.15, -0.1) is 0 Å². The van der Waals surface area contributed by atoms with Gasteiger partial charge in [0, 0.05) is 30.2 Å². The molecule has 1 heterocycles. The standard InChI is InChI=1S/C19H17ClN2/c1-22(2)17-12-9-14(18(20)13-17)7-10-16-11-8-15-5-3-4-6-19(15)21-16/h3-13H,1-2H3/b10-7+. The maximum absolute atomic E-state index is 6.34. The predicted octanol–water partition coefficient (Wildman–Crippen LogP) is 5.12. The summed E-state index contributed by atoms with van der Waals surface area (Å²) in [6.07, 6.45) is 3.99. The van der Waals surface area contributed by atoms with Crippen LogP contribution in [0.3, 0.4) is 0 Å². The molecule has 3 heteroatoms. The summed E-state index contributed by atoms with van der Waals surface area (Å²) in [5.41, 5.74) is 4.00. The molecule has 110 valence electrons. The fourth-order valence-electron chi connectivity index (χ4n) is 2.28. The van der Waals surface area contributed by atoms with Gasteiger partial charge in [0.1, 0.15) is 0 Å². The third-order valence-corrected chi connectivity index (χ3v) is 3.88. The molecule has 2 aromatic carbocycles. The number of rotatable bonds is 3. The fraction of sp³-hybridized carbons (Fsp3) is 0.105. The van der Waals surface area contributed by atoms with E-state index in [0.717, 1.165) is 32.9 Å². The fourth-order valence-corrected chi connectivity index (χ4v) is 2.52. The summed E-state index contributed by atoms with van der Waals surface area (Å²) in [7, 11) is 4.00. The zero-order valence-electron chi connectivity index (χ0n) is 12.6. The number of halogens is 1. The lowest BCUT2D eigenvalue weighted by Crippen LogP contribution is -2.08. The number of anilines is 1. The average Bonchev–Trinajstić information content (AvgIpc) is 2.53. The topological polar surface area (TPSA) is 16.1 Å². The molecule has 0 N–H and O–H groups in total. The highest BCUT2D eigenvalue weighted by molar-refractivity contribution is 6.32. The molecule has 0 fully saturated rings. The number of nitrogens with zero attached hydrogens (tertiary/aromatic N) is 2. The second-order valence-corrected chi connectivity index (χ2v) is 5.77. The van der Waals surface area contributed by atoms with E-state index in [2.05, 4.69) is 23.2 Å². The van der Waals surface area contributed by atoms with Crippen LogP contribution in [0.25, 0.3) is 23.1 Å². The van der Waals surface area contributed by atoms with Crippen LogP contribution < -0.4 is 4.90 Å². The first-order chi connectivity index (χ1) is 10.6. The molecule has 0 bridgehead atoms. The van der Waals surface area contributed by atoms with E-state index < -0.39 is 0 Å². The van der Waals surface area contributed by atoms with Gasteiger partial charge < -0.3 is 4.90 Å². The lowest BCUT2D eigenvalue weighted by Gasteiger charge is -2.13. The molecule has 0 aliphatic carbocycles. The summed E-state index contributed by atoms with van der Waals surface area (Å²) in [5.74, 6) is 0. The van der Waals surface area contributed by atoms with Crippen LogP contribution in [0, 0.1) is 0 Å². The Kier molecular flexibility index (Phi) is 4.12. The Morgan fingerprint density at radius 1 is 0.955 bits per heavy atom. The second kappa shape index (κ2) is 6.20. The lowest BCUT2D eigenvalue weighted by molar-refractivity contribution is 1.13. The van der Waals surface area contributed by atoms with Gasteiger partial charge >= 0.3 is 0 Å². The Balaban J connectivity index is 1.89. The normalized spacial score (nSPS) is 11.2. The van der Waals surface area contributed by atoms with Gasteiger partial charge in [0.2, 0.25) is 0 Å². The minimum absolute atomic E-state index is 0.739. The minimum Gasteiger partial charge on any atom is -0.378 e. The van der Waals surface area contributed by atoms with E-state index in [9.17, 15) is 0 Å². The largest absolute Gasteiger partial charge is 0.378 e. The molecule has 0 radical (unpaired) electrons. The number of pyridine rings is 1. The summed E-state index contributed by atoms with van der Waals surface area (Å²) in [6, 6.07) is 18.2. The third-order valence-electron chi connectivity index (χ3n) is 3.55. The highest BCUT2D eigenvalue weighted by Crippen LogP contribution is 2.24. The van der Waals surface area contributed by atoms with E-state index in [1.54, 1.807) is 0 Å². The molecule has 0 amide bonds. The van der Waals surface area contributed by atoms with Crippen LogP contribution in [0.15, 0.2) is 54.6 Å².